The fourth-order valence-corrected chi connectivity index (χ4v) is 4.68. The van der Waals surface area contributed by atoms with Gasteiger partial charge in [0.05, 0.1) is 24.0 Å². The van der Waals surface area contributed by atoms with Gasteiger partial charge in [-0.2, -0.15) is 0 Å². The van der Waals surface area contributed by atoms with Crippen LogP contribution in [0, 0.1) is 0 Å². The fourth-order valence-electron chi connectivity index (χ4n) is 3.53. The van der Waals surface area contributed by atoms with E-state index < -0.39 is 46.8 Å². The topological polar surface area (TPSA) is 122 Å². The van der Waals surface area contributed by atoms with Crippen molar-refractivity contribution in [2.45, 2.75) is 29.5 Å². The van der Waals surface area contributed by atoms with Gasteiger partial charge < -0.3 is 20.5 Å². The van der Waals surface area contributed by atoms with Crippen molar-refractivity contribution in [3.63, 3.8) is 0 Å². The molecule has 3 aromatic rings. The van der Waals surface area contributed by atoms with Crippen LogP contribution in [0.1, 0.15) is 28.4 Å². The van der Waals surface area contributed by atoms with Crippen LogP contribution in [0.15, 0.2) is 95.9 Å². The summed E-state index contributed by atoms with van der Waals surface area (Å²) in [6, 6.07) is 23.5. The Morgan fingerprint density at radius 1 is 0.861 bits per heavy atom. The quantitative estimate of drug-likeness (QED) is 0.342. The van der Waals surface area contributed by atoms with Crippen molar-refractivity contribution in [2.75, 3.05) is 12.9 Å². The van der Waals surface area contributed by atoms with Crippen LogP contribution in [-0.2, 0) is 25.1 Å². The first kappa shape index (κ1) is 26.8. The van der Waals surface area contributed by atoms with Crippen molar-refractivity contribution in [3.8, 4) is 0 Å². The number of esters is 1. The number of carbonyl (C=O) groups excluding carboxylic acids is 3. The summed E-state index contributed by atoms with van der Waals surface area (Å²) in [5.41, 5.74) is 0.867. The zero-order valence-corrected chi connectivity index (χ0v) is 20.5. The lowest BCUT2D eigenvalue weighted by atomic mass is 9.99. The molecule has 188 valence electrons. The monoisotopic (exact) mass is 508 g/mol. The van der Waals surface area contributed by atoms with Crippen LogP contribution in [0.4, 0.5) is 0 Å². The summed E-state index contributed by atoms with van der Waals surface area (Å²) in [4.78, 5) is 38.7. The Bertz CT molecular complexity index is 1170. The zero-order valence-electron chi connectivity index (χ0n) is 19.7. The standard InChI is InChI=1S/C27H28N2O6S/c1-35-27(33)22(17-18-36(34)21-15-9-4-10-16-21)28-26(32)24(30)23(19-11-5-2-6-12-19)29-25(31)20-13-7-3-8-14-20/h2-16,22-24,30H,17-18H2,1H3,(H,28,32)(H,29,31)/t22-,23+,24-,36-/m1/s1. The van der Waals surface area contributed by atoms with Crippen molar-refractivity contribution in [1.82, 2.24) is 10.6 Å². The Hall–Kier alpha value is -3.82. The highest BCUT2D eigenvalue weighted by Gasteiger charge is 2.32. The molecule has 36 heavy (non-hydrogen) atoms. The summed E-state index contributed by atoms with van der Waals surface area (Å²) in [6.45, 7) is 0. The SMILES string of the molecule is COC(=O)[C@@H](CC[S@@](=O)c1ccccc1)NC(=O)[C@H](O)[C@@H](NC(=O)c1ccccc1)c1ccccc1. The molecular weight excluding hydrogens is 480 g/mol. The van der Waals surface area contributed by atoms with Crippen LogP contribution in [0.25, 0.3) is 0 Å². The predicted octanol–water partition coefficient (Wildman–Crippen LogP) is 2.37. The molecule has 4 atom stereocenters. The lowest BCUT2D eigenvalue weighted by molar-refractivity contribution is -0.146. The molecule has 0 spiro atoms. The molecule has 0 fully saturated rings. The van der Waals surface area contributed by atoms with Gasteiger partial charge in [0.1, 0.15) is 6.04 Å². The molecule has 0 unspecified atom stereocenters. The molecule has 0 saturated carbocycles. The number of methoxy groups -OCH3 is 1. The van der Waals surface area contributed by atoms with Crippen LogP contribution in [0.3, 0.4) is 0 Å². The minimum atomic E-state index is -1.72. The molecule has 2 amide bonds. The maximum Gasteiger partial charge on any atom is 0.328 e. The predicted molar refractivity (Wildman–Crippen MR) is 135 cm³/mol. The molecule has 3 aromatic carbocycles. The van der Waals surface area contributed by atoms with E-state index in [0.717, 1.165) is 0 Å². The number of nitrogens with one attached hydrogen (secondary N) is 2. The molecule has 0 aromatic heterocycles. The van der Waals surface area contributed by atoms with Crippen LogP contribution in [0.5, 0.6) is 0 Å². The summed E-state index contributed by atoms with van der Waals surface area (Å²) < 4.78 is 17.4. The first-order valence-corrected chi connectivity index (χ1v) is 12.6. The number of carbonyl (C=O) groups is 3. The normalized spacial score (nSPS) is 14.1. The Morgan fingerprint density at radius 2 is 1.42 bits per heavy atom. The van der Waals surface area contributed by atoms with Crippen molar-refractivity contribution >= 4 is 28.6 Å². The van der Waals surface area contributed by atoms with E-state index in [2.05, 4.69) is 10.6 Å². The highest BCUT2D eigenvalue weighted by Crippen LogP contribution is 2.19. The lowest BCUT2D eigenvalue weighted by Crippen LogP contribution is -2.50. The number of hydrogen-bond donors (Lipinski definition) is 3. The molecular formula is C27H28N2O6S. The molecule has 0 aliphatic carbocycles. The minimum absolute atomic E-state index is 0.0268. The van der Waals surface area contributed by atoms with Crippen LogP contribution in [0.2, 0.25) is 0 Å². The zero-order chi connectivity index (χ0) is 25.9. The third kappa shape index (κ3) is 7.34. The second kappa shape index (κ2) is 13.3. The second-order valence-electron chi connectivity index (χ2n) is 7.91. The van der Waals surface area contributed by atoms with Crippen LogP contribution < -0.4 is 10.6 Å². The molecule has 3 N–H and O–H groups in total. The molecule has 0 aliphatic heterocycles. The molecule has 0 bridgehead atoms. The molecule has 0 radical (unpaired) electrons. The van der Waals surface area contributed by atoms with Gasteiger partial charge in [-0.25, -0.2) is 4.79 Å². The highest BCUT2D eigenvalue weighted by molar-refractivity contribution is 7.85. The first-order chi connectivity index (χ1) is 17.4. The summed E-state index contributed by atoms with van der Waals surface area (Å²) in [6.07, 6.45) is -1.69. The maximum atomic E-state index is 13.0. The van der Waals surface area contributed by atoms with Crippen LogP contribution >= 0.6 is 0 Å². The van der Waals surface area contributed by atoms with E-state index in [1.54, 1.807) is 91.0 Å². The second-order valence-corrected chi connectivity index (χ2v) is 9.48. The maximum absolute atomic E-state index is 13.0. The third-order valence-corrected chi connectivity index (χ3v) is 6.87. The van der Waals surface area contributed by atoms with E-state index in [9.17, 15) is 23.7 Å². The highest BCUT2D eigenvalue weighted by atomic mass is 32.2. The number of aliphatic hydroxyl groups is 1. The molecule has 9 heteroatoms. The van der Waals surface area contributed by atoms with Gasteiger partial charge in [-0.1, -0.05) is 66.7 Å². The Kier molecular flexibility index (Phi) is 9.91. The molecule has 8 nitrogen and oxygen atoms in total. The van der Waals surface area contributed by atoms with E-state index in [1.807, 2.05) is 0 Å². The average Bonchev–Trinajstić information content (AvgIpc) is 2.94. The average molecular weight is 509 g/mol. The van der Waals surface area contributed by atoms with Crippen molar-refractivity contribution < 1.29 is 28.4 Å². The van der Waals surface area contributed by atoms with Gasteiger partial charge in [-0.05, 0) is 36.2 Å². The smallest absolute Gasteiger partial charge is 0.328 e. The lowest BCUT2D eigenvalue weighted by Gasteiger charge is -2.26. The van der Waals surface area contributed by atoms with Gasteiger partial charge >= 0.3 is 5.97 Å². The minimum Gasteiger partial charge on any atom is -0.467 e. The van der Waals surface area contributed by atoms with Crippen molar-refractivity contribution in [1.29, 1.82) is 0 Å². The van der Waals surface area contributed by atoms with E-state index in [4.69, 9.17) is 4.74 Å². The van der Waals surface area contributed by atoms with Gasteiger partial charge in [0.15, 0.2) is 6.10 Å². The molecule has 0 saturated heterocycles. The van der Waals surface area contributed by atoms with Gasteiger partial charge in [0.25, 0.3) is 11.8 Å². The van der Waals surface area contributed by atoms with Gasteiger partial charge in [-0.15, -0.1) is 0 Å². The van der Waals surface area contributed by atoms with E-state index in [0.29, 0.717) is 16.0 Å². The molecule has 3 rings (SSSR count). The molecule has 0 aliphatic rings. The van der Waals surface area contributed by atoms with E-state index in [-0.39, 0.29) is 12.2 Å². The largest absolute Gasteiger partial charge is 0.467 e. The summed E-state index contributed by atoms with van der Waals surface area (Å²) >= 11 is 0. The summed E-state index contributed by atoms with van der Waals surface area (Å²) in [7, 11) is -0.215. The van der Waals surface area contributed by atoms with Gasteiger partial charge in [0, 0.05) is 16.2 Å². The van der Waals surface area contributed by atoms with Crippen molar-refractivity contribution in [3.05, 3.63) is 102 Å². The number of aliphatic hydroxyl groups excluding tert-OH is 1. The summed E-state index contributed by atoms with van der Waals surface area (Å²) in [5, 5.41) is 16.1. The fraction of sp³-hybridized carbons (Fsp3) is 0.222. The van der Waals surface area contributed by atoms with Gasteiger partial charge in [-0.3, -0.25) is 13.8 Å². The van der Waals surface area contributed by atoms with Crippen LogP contribution in [-0.4, -0.2) is 52.1 Å². The van der Waals surface area contributed by atoms with Gasteiger partial charge in [0.2, 0.25) is 0 Å². The number of rotatable bonds is 11. The number of hydrogen-bond acceptors (Lipinski definition) is 6. The van der Waals surface area contributed by atoms with E-state index >= 15 is 0 Å². The summed E-state index contributed by atoms with van der Waals surface area (Å²) in [5.74, 6) is -1.99. The third-order valence-electron chi connectivity index (χ3n) is 5.47. The number of amides is 2. The Morgan fingerprint density at radius 3 is 2.00 bits per heavy atom. The Balaban J connectivity index is 1.74. The number of ether oxygens (including phenoxy) is 1. The first-order valence-electron chi connectivity index (χ1n) is 11.3. The number of benzene rings is 3. The van der Waals surface area contributed by atoms with E-state index in [1.165, 1.54) is 7.11 Å². The molecule has 0 heterocycles. The Labute approximate surface area is 212 Å². The van der Waals surface area contributed by atoms with Crippen molar-refractivity contribution in [2.24, 2.45) is 0 Å².